The minimum absolute atomic E-state index is 0.0681. The lowest BCUT2D eigenvalue weighted by Gasteiger charge is -2.15. The largest absolute Gasteiger partial charge is 0.481 e. The van der Waals surface area contributed by atoms with Crippen LogP contribution in [0, 0.1) is 0 Å². The van der Waals surface area contributed by atoms with Gasteiger partial charge in [0, 0.05) is 0 Å². The average Bonchev–Trinajstić information content (AvgIpc) is 2.34. The SMILES string of the molecule is O=C(O)CC(O)CN1C(=O)CSC1=O. The Morgan fingerprint density at radius 3 is 2.64 bits per heavy atom. The number of aliphatic hydroxyl groups is 1. The van der Waals surface area contributed by atoms with Gasteiger partial charge in [0.2, 0.25) is 5.91 Å². The van der Waals surface area contributed by atoms with Gasteiger partial charge in [0.05, 0.1) is 24.8 Å². The summed E-state index contributed by atoms with van der Waals surface area (Å²) in [5.41, 5.74) is 0. The van der Waals surface area contributed by atoms with Crippen molar-refractivity contribution < 1.29 is 24.6 Å². The van der Waals surface area contributed by atoms with Gasteiger partial charge in [0.1, 0.15) is 0 Å². The summed E-state index contributed by atoms with van der Waals surface area (Å²) < 4.78 is 0. The van der Waals surface area contributed by atoms with E-state index in [1.165, 1.54) is 0 Å². The van der Waals surface area contributed by atoms with E-state index in [0.717, 1.165) is 16.7 Å². The number of β-amino-alcohol motifs (C(OH)–C–C–N with tert-alkyl or cyclic N) is 1. The average molecular weight is 219 g/mol. The molecule has 0 saturated carbocycles. The second-order valence-corrected chi connectivity index (χ2v) is 3.74. The molecule has 1 fully saturated rings. The van der Waals surface area contributed by atoms with Crippen LogP contribution in [0.2, 0.25) is 0 Å². The summed E-state index contributed by atoms with van der Waals surface area (Å²) in [7, 11) is 0. The zero-order chi connectivity index (χ0) is 10.7. The van der Waals surface area contributed by atoms with Crippen molar-refractivity contribution >= 4 is 28.9 Å². The van der Waals surface area contributed by atoms with Gasteiger partial charge in [-0.1, -0.05) is 11.8 Å². The van der Waals surface area contributed by atoms with Crippen molar-refractivity contribution in [3.05, 3.63) is 0 Å². The fourth-order valence-electron chi connectivity index (χ4n) is 1.03. The smallest absolute Gasteiger partial charge is 0.306 e. The van der Waals surface area contributed by atoms with Crippen molar-refractivity contribution in [1.29, 1.82) is 0 Å². The number of carbonyl (C=O) groups excluding carboxylic acids is 2. The summed E-state index contributed by atoms with van der Waals surface area (Å²) in [4.78, 5) is 33.1. The summed E-state index contributed by atoms with van der Waals surface area (Å²) in [5.74, 6) is -1.48. The molecule has 78 valence electrons. The maximum absolute atomic E-state index is 11.0. The van der Waals surface area contributed by atoms with E-state index < -0.39 is 23.7 Å². The van der Waals surface area contributed by atoms with Crippen molar-refractivity contribution in [2.75, 3.05) is 12.3 Å². The molecule has 1 unspecified atom stereocenters. The molecule has 1 heterocycles. The predicted octanol–water partition coefficient (Wildman–Crippen LogP) is -0.483. The maximum Gasteiger partial charge on any atom is 0.306 e. The van der Waals surface area contributed by atoms with Gasteiger partial charge in [0.25, 0.3) is 5.24 Å². The number of aliphatic hydroxyl groups excluding tert-OH is 1. The number of hydrogen-bond acceptors (Lipinski definition) is 5. The Kier molecular flexibility index (Phi) is 3.48. The lowest BCUT2D eigenvalue weighted by atomic mass is 10.2. The van der Waals surface area contributed by atoms with Crippen LogP contribution in [0.15, 0.2) is 0 Å². The number of imide groups is 1. The molecule has 0 aliphatic carbocycles. The van der Waals surface area contributed by atoms with E-state index in [4.69, 9.17) is 5.11 Å². The lowest BCUT2D eigenvalue weighted by molar-refractivity contribution is -0.140. The summed E-state index contributed by atoms with van der Waals surface area (Å²) in [6, 6.07) is 0. The van der Waals surface area contributed by atoms with Gasteiger partial charge in [-0.2, -0.15) is 0 Å². The van der Waals surface area contributed by atoms with E-state index in [-0.39, 0.29) is 18.2 Å². The topological polar surface area (TPSA) is 94.9 Å². The van der Waals surface area contributed by atoms with Crippen molar-refractivity contribution in [1.82, 2.24) is 4.90 Å². The van der Waals surface area contributed by atoms with Crippen LogP contribution in [-0.4, -0.2) is 50.6 Å². The maximum atomic E-state index is 11.0. The third kappa shape index (κ3) is 2.71. The number of carboxylic acid groups (broad SMARTS) is 1. The summed E-state index contributed by atoms with van der Waals surface area (Å²) in [6.07, 6.45) is -1.67. The van der Waals surface area contributed by atoms with Crippen LogP contribution in [0.3, 0.4) is 0 Å². The number of amides is 2. The molecule has 1 atom stereocenters. The van der Waals surface area contributed by atoms with Crippen LogP contribution in [0.25, 0.3) is 0 Å². The Balaban J connectivity index is 2.46. The first-order valence-corrected chi connectivity index (χ1v) is 4.86. The molecule has 0 bridgehead atoms. The van der Waals surface area contributed by atoms with Crippen molar-refractivity contribution in [2.45, 2.75) is 12.5 Å². The zero-order valence-corrected chi connectivity index (χ0v) is 7.99. The van der Waals surface area contributed by atoms with Gasteiger partial charge in [-0.15, -0.1) is 0 Å². The first kappa shape index (κ1) is 11.0. The molecule has 7 heteroatoms. The van der Waals surface area contributed by atoms with Crippen LogP contribution < -0.4 is 0 Å². The molecular formula is C7H9NO5S. The standard InChI is InChI=1S/C7H9NO5S/c9-4(1-6(11)12)2-8-5(10)3-14-7(8)13/h4,9H,1-3H2,(H,11,12). The highest BCUT2D eigenvalue weighted by Crippen LogP contribution is 2.19. The quantitative estimate of drug-likeness (QED) is 0.663. The van der Waals surface area contributed by atoms with Crippen LogP contribution in [0.4, 0.5) is 4.79 Å². The molecule has 0 aromatic carbocycles. The van der Waals surface area contributed by atoms with Crippen LogP contribution in [-0.2, 0) is 9.59 Å². The molecule has 1 saturated heterocycles. The second-order valence-electron chi connectivity index (χ2n) is 2.81. The van der Waals surface area contributed by atoms with Gasteiger partial charge in [0.15, 0.2) is 0 Å². The molecular weight excluding hydrogens is 210 g/mol. The number of carbonyl (C=O) groups is 3. The highest BCUT2D eigenvalue weighted by Gasteiger charge is 2.31. The van der Waals surface area contributed by atoms with Crippen molar-refractivity contribution in [3.8, 4) is 0 Å². The number of rotatable bonds is 4. The molecule has 1 aliphatic rings. The molecule has 0 spiro atoms. The van der Waals surface area contributed by atoms with Crippen molar-refractivity contribution in [2.24, 2.45) is 0 Å². The first-order chi connectivity index (χ1) is 6.50. The van der Waals surface area contributed by atoms with E-state index in [2.05, 4.69) is 0 Å². The Hall–Kier alpha value is -1.08. The Bertz CT molecular complexity index is 263. The van der Waals surface area contributed by atoms with Crippen LogP contribution in [0.5, 0.6) is 0 Å². The lowest BCUT2D eigenvalue weighted by Crippen LogP contribution is -2.36. The van der Waals surface area contributed by atoms with Crippen LogP contribution in [0.1, 0.15) is 6.42 Å². The molecule has 0 aromatic heterocycles. The molecule has 0 radical (unpaired) electrons. The fourth-order valence-corrected chi connectivity index (χ4v) is 1.77. The normalized spacial score (nSPS) is 18.8. The minimum atomic E-state index is -1.20. The van der Waals surface area contributed by atoms with E-state index >= 15 is 0 Å². The van der Waals surface area contributed by atoms with Gasteiger partial charge in [-0.25, -0.2) is 0 Å². The Labute approximate surface area is 83.9 Å². The van der Waals surface area contributed by atoms with E-state index in [1.807, 2.05) is 0 Å². The fraction of sp³-hybridized carbons (Fsp3) is 0.571. The first-order valence-electron chi connectivity index (χ1n) is 3.87. The van der Waals surface area contributed by atoms with E-state index in [1.54, 1.807) is 0 Å². The van der Waals surface area contributed by atoms with Gasteiger partial charge in [-0.05, 0) is 0 Å². The van der Waals surface area contributed by atoms with E-state index in [0.29, 0.717) is 0 Å². The monoisotopic (exact) mass is 219 g/mol. The van der Waals surface area contributed by atoms with Gasteiger partial charge >= 0.3 is 5.97 Å². The van der Waals surface area contributed by atoms with E-state index in [9.17, 15) is 19.5 Å². The molecule has 6 nitrogen and oxygen atoms in total. The molecule has 2 amide bonds. The summed E-state index contributed by atoms with van der Waals surface area (Å²) >= 11 is 0.853. The number of hydrogen-bond donors (Lipinski definition) is 2. The van der Waals surface area contributed by atoms with Gasteiger partial charge in [-0.3, -0.25) is 19.3 Å². The third-order valence-corrected chi connectivity index (χ3v) is 2.50. The number of thioether (sulfide) groups is 1. The Morgan fingerprint density at radius 2 is 2.21 bits per heavy atom. The zero-order valence-electron chi connectivity index (χ0n) is 7.17. The molecule has 1 rings (SSSR count). The van der Waals surface area contributed by atoms with Crippen molar-refractivity contribution in [3.63, 3.8) is 0 Å². The molecule has 2 N–H and O–H groups in total. The Morgan fingerprint density at radius 1 is 1.57 bits per heavy atom. The summed E-state index contributed by atoms with van der Waals surface area (Å²) in [5, 5.41) is 17.1. The molecule has 1 aliphatic heterocycles. The summed E-state index contributed by atoms with van der Waals surface area (Å²) in [6.45, 7) is -0.239. The second kappa shape index (κ2) is 4.43. The number of aliphatic carboxylic acids is 1. The highest BCUT2D eigenvalue weighted by molar-refractivity contribution is 8.14. The minimum Gasteiger partial charge on any atom is -0.481 e. The van der Waals surface area contributed by atoms with Crippen LogP contribution >= 0.6 is 11.8 Å². The number of carboxylic acids is 1. The predicted molar refractivity (Wildman–Crippen MR) is 47.8 cm³/mol. The molecule has 0 aromatic rings. The number of nitrogens with zero attached hydrogens (tertiary/aromatic N) is 1. The molecule has 14 heavy (non-hydrogen) atoms. The highest BCUT2D eigenvalue weighted by atomic mass is 32.2. The third-order valence-electron chi connectivity index (χ3n) is 1.64. The van der Waals surface area contributed by atoms with Gasteiger partial charge < -0.3 is 10.2 Å².